The van der Waals surface area contributed by atoms with E-state index in [2.05, 4.69) is 0 Å². The first-order chi connectivity index (χ1) is 8.70. The largest absolute Gasteiger partial charge is 0.298 e. The minimum absolute atomic E-state index is 0.0543. The minimum atomic E-state index is -0.0543. The van der Waals surface area contributed by atoms with Gasteiger partial charge in [-0.1, -0.05) is 74.5 Å². The molecule has 1 heteroatoms. The number of rotatable bonds is 4. The van der Waals surface area contributed by atoms with Crippen molar-refractivity contribution in [3.05, 3.63) is 71.8 Å². The highest BCUT2D eigenvalue weighted by atomic mass is 16.1. The van der Waals surface area contributed by atoms with E-state index in [0.717, 1.165) is 11.1 Å². The Balaban J connectivity index is 2.17. The SMILES string of the molecule is C[C@@H](C(=O)[C@H](C)c1ccccc1)c1ccccc1. The van der Waals surface area contributed by atoms with Crippen LogP contribution < -0.4 is 0 Å². The Morgan fingerprint density at radius 2 is 1.06 bits per heavy atom. The molecule has 0 amide bonds. The minimum Gasteiger partial charge on any atom is -0.298 e. The van der Waals surface area contributed by atoms with Crippen molar-refractivity contribution in [1.29, 1.82) is 0 Å². The first-order valence-electron chi connectivity index (χ1n) is 6.33. The second-order valence-electron chi connectivity index (χ2n) is 4.67. The predicted octanol–water partition coefficient (Wildman–Crippen LogP) is 4.16. The molecular formula is C17H18O. The number of benzene rings is 2. The molecule has 0 fully saturated rings. The summed E-state index contributed by atoms with van der Waals surface area (Å²) in [6.45, 7) is 3.97. The molecule has 2 atom stereocenters. The monoisotopic (exact) mass is 238 g/mol. The Labute approximate surface area is 108 Å². The second kappa shape index (κ2) is 5.63. The fourth-order valence-electron chi connectivity index (χ4n) is 2.19. The van der Waals surface area contributed by atoms with Gasteiger partial charge in [0.05, 0.1) is 0 Å². The van der Waals surface area contributed by atoms with Crippen LogP contribution >= 0.6 is 0 Å². The Bertz CT molecular complexity index is 454. The quantitative estimate of drug-likeness (QED) is 0.781. The molecule has 0 radical (unpaired) electrons. The van der Waals surface area contributed by atoms with Gasteiger partial charge < -0.3 is 0 Å². The maximum Gasteiger partial charge on any atom is 0.147 e. The lowest BCUT2D eigenvalue weighted by Gasteiger charge is -2.16. The smallest absolute Gasteiger partial charge is 0.147 e. The third-order valence-corrected chi connectivity index (χ3v) is 3.45. The molecule has 0 heterocycles. The molecule has 1 nitrogen and oxygen atoms in total. The van der Waals surface area contributed by atoms with Crippen LogP contribution in [-0.2, 0) is 4.79 Å². The van der Waals surface area contributed by atoms with E-state index in [0.29, 0.717) is 0 Å². The van der Waals surface area contributed by atoms with Crippen LogP contribution in [0, 0.1) is 0 Å². The van der Waals surface area contributed by atoms with E-state index in [-0.39, 0.29) is 17.6 Å². The number of Topliss-reactive ketones (excluding diaryl/α,β-unsaturated/α-hetero) is 1. The van der Waals surface area contributed by atoms with E-state index < -0.39 is 0 Å². The van der Waals surface area contributed by atoms with Gasteiger partial charge in [0, 0.05) is 11.8 Å². The zero-order valence-corrected chi connectivity index (χ0v) is 10.8. The second-order valence-corrected chi connectivity index (χ2v) is 4.67. The van der Waals surface area contributed by atoms with Crippen LogP contribution in [-0.4, -0.2) is 5.78 Å². The maximum absolute atomic E-state index is 12.4. The molecule has 0 aliphatic carbocycles. The highest BCUT2D eigenvalue weighted by Crippen LogP contribution is 2.25. The Kier molecular flexibility index (Phi) is 3.93. The van der Waals surface area contributed by atoms with Gasteiger partial charge in [0.25, 0.3) is 0 Å². The maximum atomic E-state index is 12.4. The van der Waals surface area contributed by atoms with E-state index in [4.69, 9.17) is 0 Å². The summed E-state index contributed by atoms with van der Waals surface area (Å²) >= 11 is 0. The first kappa shape index (κ1) is 12.6. The van der Waals surface area contributed by atoms with Crippen molar-refractivity contribution in [2.75, 3.05) is 0 Å². The van der Waals surface area contributed by atoms with E-state index in [1.54, 1.807) is 0 Å². The van der Waals surface area contributed by atoms with Crippen LogP contribution in [0.2, 0.25) is 0 Å². The van der Waals surface area contributed by atoms with E-state index in [9.17, 15) is 4.79 Å². The molecule has 0 spiro atoms. The van der Waals surface area contributed by atoms with Gasteiger partial charge in [0.1, 0.15) is 5.78 Å². The van der Waals surface area contributed by atoms with Crippen LogP contribution in [0.3, 0.4) is 0 Å². The number of carbonyl (C=O) groups is 1. The molecule has 0 saturated heterocycles. The molecule has 0 aliphatic rings. The molecule has 0 bridgehead atoms. The van der Waals surface area contributed by atoms with Crippen molar-refractivity contribution in [2.45, 2.75) is 25.7 Å². The summed E-state index contributed by atoms with van der Waals surface area (Å²) in [5.41, 5.74) is 2.18. The molecule has 0 saturated carbocycles. The summed E-state index contributed by atoms with van der Waals surface area (Å²) in [5.74, 6) is 0.162. The molecule has 2 rings (SSSR count). The van der Waals surface area contributed by atoms with Gasteiger partial charge in [0.15, 0.2) is 0 Å². The summed E-state index contributed by atoms with van der Waals surface area (Å²) in [7, 11) is 0. The van der Waals surface area contributed by atoms with Crippen LogP contribution in [0.15, 0.2) is 60.7 Å². The third-order valence-electron chi connectivity index (χ3n) is 3.45. The molecule has 18 heavy (non-hydrogen) atoms. The van der Waals surface area contributed by atoms with Crippen LogP contribution in [0.25, 0.3) is 0 Å². The third kappa shape index (κ3) is 2.67. The molecule has 0 aliphatic heterocycles. The lowest BCUT2D eigenvalue weighted by Crippen LogP contribution is -2.16. The molecule has 0 N–H and O–H groups in total. The zero-order chi connectivity index (χ0) is 13.0. The molecule has 92 valence electrons. The van der Waals surface area contributed by atoms with Crippen molar-refractivity contribution in [3.8, 4) is 0 Å². The van der Waals surface area contributed by atoms with Gasteiger partial charge in [-0.15, -0.1) is 0 Å². The van der Waals surface area contributed by atoms with E-state index >= 15 is 0 Å². The van der Waals surface area contributed by atoms with Crippen molar-refractivity contribution in [2.24, 2.45) is 0 Å². The lowest BCUT2D eigenvalue weighted by molar-refractivity contribution is -0.121. The average molecular weight is 238 g/mol. The topological polar surface area (TPSA) is 17.1 Å². The standard InChI is InChI=1S/C17H18O/c1-13(15-9-5-3-6-10-15)17(18)14(2)16-11-7-4-8-12-16/h3-14H,1-2H3/t13-,14-/m1/s1. The summed E-state index contributed by atoms with van der Waals surface area (Å²) in [4.78, 5) is 12.4. The van der Waals surface area contributed by atoms with Crippen molar-refractivity contribution < 1.29 is 4.79 Å². The van der Waals surface area contributed by atoms with Gasteiger partial charge in [-0.25, -0.2) is 0 Å². The normalized spacial score (nSPS) is 13.9. The van der Waals surface area contributed by atoms with E-state index in [1.807, 2.05) is 74.5 Å². The van der Waals surface area contributed by atoms with Crippen molar-refractivity contribution >= 4 is 5.78 Å². The number of ketones is 1. The Morgan fingerprint density at radius 3 is 1.39 bits per heavy atom. The highest BCUT2D eigenvalue weighted by Gasteiger charge is 2.22. The lowest BCUT2D eigenvalue weighted by atomic mass is 9.86. The van der Waals surface area contributed by atoms with Gasteiger partial charge in [-0.05, 0) is 11.1 Å². The van der Waals surface area contributed by atoms with Gasteiger partial charge in [-0.3, -0.25) is 4.79 Å². The van der Waals surface area contributed by atoms with Crippen LogP contribution in [0.4, 0.5) is 0 Å². The van der Waals surface area contributed by atoms with E-state index in [1.165, 1.54) is 0 Å². The fourth-order valence-corrected chi connectivity index (χ4v) is 2.19. The molecule has 0 aromatic heterocycles. The summed E-state index contributed by atoms with van der Waals surface area (Å²) in [6, 6.07) is 19.9. The molecule has 2 aromatic rings. The first-order valence-corrected chi connectivity index (χ1v) is 6.33. The molecule has 2 aromatic carbocycles. The van der Waals surface area contributed by atoms with Crippen LogP contribution in [0.5, 0.6) is 0 Å². The summed E-state index contributed by atoms with van der Waals surface area (Å²) in [5, 5.41) is 0. The summed E-state index contributed by atoms with van der Waals surface area (Å²) in [6.07, 6.45) is 0. The molecule has 0 unspecified atom stereocenters. The number of hydrogen-bond donors (Lipinski definition) is 0. The average Bonchev–Trinajstić information content (AvgIpc) is 2.47. The van der Waals surface area contributed by atoms with Crippen molar-refractivity contribution in [3.63, 3.8) is 0 Å². The summed E-state index contributed by atoms with van der Waals surface area (Å²) < 4.78 is 0. The van der Waals surface area contributed by atoms with Gasteiger partial charge in [0.2, 0.25) is 0 Å². The van der Waals surface area contributed by atoms with Crippen LogP contribution in [0.1, 0.15) is 36.8 Å². The van der Waals surface area contributed by atoms with Gasteiger partial charge >= 0.3 is 0 Å². The van der Waals surface area contributed by atoms with Crippen molar-refractivity contribution in [1.82, 2.24) is 0 Å². The zero-order valence-electron chi connectivity index (χ0n) is 10.8. The number of carbonyl (C=O) groups excluding carboxylic acids is 1. The Hall–Kier alpha value is -1.89. The highest BCUT2D eigenvalue weighted by molar-refractivity contribution is 5.91. The van der Waals surface area contributed by atoms with Gasteiger partial charge in [-0.2, -0.15) is 0 Å². The Morgan fingerprint density at radius 1 is 0.722 bits per heavy atom. The number of hydrogen-bond acceptors (Lipinski definition) is 1. The predicted molar refractivity (Wildman–Crippen MR) is 74.7 cm³/mol. The fraction of sp³-hybridized carbons (Fsp3) is 0.235. The molecular weight excluding hydrogens is 220 g/mol.